The van der Waals surface area contributed by atoms with E-state index in [9.17, 15) is 0 Å². The third-order valence-electron chi connectivity index (χ3n) is 0.515. The van der Waals surface area contributed by atoms with E-state index in [0.717, 1.165) is 0 Å². The minimum atomic E-state index is 0.403. The van der Waals surface area contributed by atoms with Crippen LogP contribution in [0.4, 0.5) is 0 Å². The molecule has 0 saturated heterocycles. The Morgan fingerprint density at radius 1 is 1.86 bits per heavy atom. The lowest BCUT2D eigenvalue weighted by Crippen LogP contribution is -1.61. The van der Waals surface area contributed by atoms with Gasteiger partial charge in [0.05, 0.1) is 0 Å². The van der Waals surface area contributed by atoms with E-state index < -0.39 is 0 Å². The van der Waals surface area contributed by atoms with Gasteiger partial charge in [0.1, 0.15) is 0 Å². The summed E-state index contributed by atoms with van der Waals surface area (Å²) in [5.74, 6) is 0.403. The second-order valence-electron chi connectivity index (χ2n) is 0.937. The topological polar surface area (TPSA) is 38.9 Å². The number of aromatic nitrogens is 2. The number of hydrogen-bond acceptors (Lipinski definition) is 3. The van der Waals surface area contributed by atoms with Crippen LogP contribution in [0, 0.1) is 6.33 Å². The van der Waals surface area contributed by atoms with Gasteiger partial charge < -0.3 is 4.52 Å². The van der Waals surface area contributed by atoms with E-state index in [1.165, 1.54) is 6.08 Å². The van der Waals surface area contributed by atoms with Crippen LogP contribution >= 0.6 is 0 Å². The summed E-state index contributed by atoms with van der Waals surface area (Å²) in [5, 5.41) is 3.21. The molecule has 0 saturated carbocycles. The minimum absolute atomic E-state index is 0.403. The van der Waals surface area contributed by atoms with E-state index in [0.29, 0.717) is 5.89 Å². The molecule has 0 amide bonds. The van der Waals surface area contributed by atoms with Crippen molar-refractivity contribution in [3.8, 4) is 0 Å². The molecule has 1 radical (unpaired) electrons. The largest absolute Gasteiger partial charge is 0.334 e. The number of nitrogens with zero attached hydrogens (tertiary/aromatic N) is 2. The lowest BCUT2D eigenvalue weighted by atomic mass is 10.6. The average Bonchev–Trinajstić information content (AvgIpc) is 2.14. The number of hydrogen-bond donors (Lipinski definition) is 0. The third-order valence-corrected chi connectivity index (χ3v) is 0.515. The molecule has 7 heavy (non-hydrogen) atoms. The summed E-state index contributed by atoms with van der Waals surface area (Å²) in [4.78, 5) is 3.51. The van der Waals surface area contributed by atoms with Crippen molar-refractivity contribution in [2.45, 2.75) is 0 Å². The fourth-order valence-corrected chi connectivity index (χ4v) is 0.240. The summed E-state index contributed by atoms with van der Waals surface area (Å²) in [7, 11) is 0. The van der Waals surface area contributed by atoms with E-state index in [1.807, 2.05) is 0 Å². The average molecular weight is 95.1 g/mol. The second-order valence-corrected chi connectivity index (χ2v) is 0.937. The van der Waals surface area contributed by atoms with Gasteiger partial charge in [-0.25, -0.2) is 0 Å². The van der Waals surface area contributed by atoms with Gasteiger partial charge in [-0.3, -0.25) is 0 Å². The van der Waals surface area contributed by atoms with Gasteiger partial charge in [-0.15, -0.1) is 0 Å². The van der Waals surface area contributed by atoms with Crippen molar-refractivity contribution >= 4 is 6.08 Å². The van der Waals surface area contributed by atoms with Crippen LogP contribution in [0.2, 0.25) is 0 Å². The Kier molecular flexibility index (Phi) is 0.898. The van der Waals surface area contributed by atoms with Crippen molar-refractivity contribution in [1.82, 2.24) is 10.1 Å². The third kappa shape index (κ3) is 0.652. The van der Waals surface area contributed by atoms with Gasteiger partial charge in [-0.1, -0.05) is 11.7 Å². The fraction of sp³-hybridized carbons (Fsp3) is 0. The fourth-order valence-electron chi connectivity index (χ4n) is 0.240. The first-order valence-electron chi connectivity index (χ1n) is 1.75. The van der Waals surface area contributed by atoms with E-state index in [1.54, 1.807) is 0 Å². The van der Waals surface area contributed by atoms with Crippen LogP contribution in [0.5, 0.6) is 0 Å². The summed E-state index contributed by atoms with van der Waals surface area (Å²) in [6.07, 6.45) is 3.70. The van der Waals surface area contributed by atoms with E-state index in [-0.39, 0.29) is 0 Å². The highest BCUT2D eigenvalue weighted by Crippen LogP contribution is 1.88. The van der Waals surface area contributed by atoms with Gasteiger partial charge >= 0.3 is 0 Å². The molecule has 0 unspecified atom stereocenters. The van der Waals surface area contributed by atoms with Gasteiger partial charge in [-0.2, -0.15) is 4.98 Å². The zero-order valence-corrected chi connectivity index (χ0v) is 3.59. The van der Waals surface area contributed by atoms with Crippen molar-refractivity contribution in [1.29, 1.82) is 0 Å². The maximum atomic E-state index is 4.45. The Bertz CT molecular complexity index is 145. The molecular formula is C4H3N2O. The summed E-state index contributed by atoms with van der Waals surface area (Å²) >= 11 is 0. The van der Waals surface area contributed by atoms with E-state index in [2.05, 4.69) is 27.6 Å². The first kappa shape index (κ1) is 4.05. The summed E-state index contributed by atoms with van der Waals surface area (Å²) in [6.45, 7) is 3.39. The second kappa shape index (κ2) is 1.55. The molecule has 0 aliphatic carbocycles. The Hall–Kier alpha value is -1.12. The van der Waals surface area contributed by atoms with Crippen molar-refractivity contribution < 1.29 is 4.52 Å². The van der Waals surface area contributed by atoms with Crippen molar-refractivity contribution in [2.24, 2.45) is 0 Å². The lowest BCUT2D eigenvalue weighted by molar-refractivity contribution is 0.408. The van der Waals surface area contributed by atoms with Crippen LogP contribution in [0.3, 0.4) is 0 Å². The molecule has 35 valence electrons. The molecule has 3 heteroatoms. The highest BCUT2D eigenvalue weighted by Gasteiger charge is 1.85. The molecule has 0 bridgehead atoms. The quantitative estimate of drug-likeness (QED) is 0.510. The Labute approximate surface area is 40.7 Å². The van der Waals surface area contributed by atoms with Gasteiger partial charge in [0.25, 0.3) is 0 Å². The van der Waals surface area contributed by atoms with Gasteiger partial charge in [0.2, 0.25) is 12.2 Å². The molecule has 3 nitrogen and oxygen atoms in total. The molecule has 1 aromatic heterocycles. The van der Waals surface area contributed by atoms with Crippen LogP contribution in [-0.2, 0) is 0 Å². The molecule has 0 aliphatic rings. The van der Waals surface area contributed by atoms with Crippen LogP contribution < -0.4 is 0 Å². The van der Waals surface area contributed by atoms with Crippen LogP contribution in [0.15, 0.2) is 11.1 Å². The number of rotatable bonds is 1. The van der Waals surface area contributed by atoms with Crippen LogP contribution in [0.1, 0.15) is 5.89 Å². The summed E-state index contributed by atoms with van der Waals surface area (Å²) < 4.78 is 4.45. The predicted octanol–water partition coefficient (Wildman–Crippen LogP) is 0.513. The monoisotopic (exact) mass is 95.0 g/mol. The molecular weight excluding hydrogens is 92.1 g/mol. The smallest absolute Gasteiger partial charge is 0.250 e. The van der Waals surface area contributed by atoms with Gasteiger partial charge in [0, 0.05) is 0 Å². The van der Waals surface area contributed by atoms with Gasteiger partial charge in [-0.05, 0) is 6.08 Å². The minimum Gasteiger partial charge on any atom is -0.334 e. The molecule has 1 rings (SSSR count). The van der Waals surface area contributed by atoms with Crippen molar-refractivity contribution in [2.75, 3.05) is 0 Å². The molecule has 0 atom stereocenters. The Balaban J connectivity index is 2.96. The Morgan fingerprint density at radius 2 is 2.71 bits per heavy atom. The van der Waals surface area contributed by atoms with Gasteiger partial charge in [0.15, 0.2) is 0 Å². The van der Waals surface area contributed by atoms with Crippen LogP contribution in [-0.4, -0.2) is 10.1 Å². The highest BCUT2D eigenvalue weighted by molar-refractivity contribution is 5.31. The molecule has 1 aromatic rings. The predicted molar refractivity (Wildman–Crippen MR) is 23.2 cm³/mol. The summed E-state index contributed by atoms with van der Waals surface area (Å²) in [6, 6.07) is 0. The first-order valence-corrected chi connectivity index (χ1v) is 1.75. The molecule has 0 spiro atoms. The van der Waals surface area contributed by atoms with E-state index >= 15 is 0 Å². The SMILES string of the molecule is C=Cc1n[c]no1. The Morgan fingerprint density at radius 3 is 3.00 bits per heavy atom. The standard InChI is InChI=1S/C4H3N2O/c1-2-4-5-3-6-7-4/h2H,1H2. The summed E-state index contributed by atoms with van der Waals surface area (Å²) in [5.41, 5.74) is 0. The van der Waals surface area contributed by atoms with E-state index in [4.69, 9.17) is 0 Å². The molecule has 0 N–H and O–H groups in total. The highest BCUT2D eigenvalue weighted by atomic mass is 16.5. The van der Waals surface area contributed by atoms with Crippen molar-refractivity contribution in [3.63, 3.8) is 0 Å². The molecule has 0 aliphatic heterocycles. The molecule has 1 heterocycles. The maximum absolute atomic E-state index is 4.45. The van der Waals surface area contributed by atoms with Crippen LogP contribution in [0.25, 0.3) is 6.08 Å². The maximum Gasteiger partial charge on any atom is 0.250 e. The normalized spacial score (nSPS) is 8.57. The zero-order valence-electron chi connectivity index (χ0n) is 3.59. The van der Waals surface area contributed by atoms with Crippen molar-refractivity contribution in [3.05, 3.63) is 18.8 Å². The zero-order chi connectivity index (χ0) is 5.11. The molecule has 0 fully saturated rings. The molecule has 0 aromatic carbocycles. The first-order chi connectivity index (χ1) is 3.43. The lowest BCUT2D eigenvalue weighted by Gasteiger charge is -1.67.